The van der Waals surface area contributed by atoms with E-state index < -0.39 is 72.7 Å². The molecular weight excluding hydrogens is 425 g/mol. The predicted molar refractivity (Wildman–Crippen MR) is 111 cm³/mol. The largest absolute Gasteiger partial charge is 0.393 e. The maximum absolute atomic E-state index is 14.4. The summed E-state index contributed by atoms with van der Waals surface area (Å²) in [4.78, 5) is 12.4. The molecule has 1 aromatic carbocycles. The first kappa shape index (κ1) is 12.9. The Morgan fingerprint density at radius 3 is 2.75 bits per heavy atom. The van der Waals surface area contributed by atoms with E-state index in [0.717, 1.165) is 6.20 Å². The van der Waals surface area contributed by atoms with Crippen LogP contribution in [0.15, 0.2) is 18.3 Å². The van der Waals surface area contributed by atoms with E-state index in [1.54, 1.807) is 0 Å². The molecular formula is C21H23F3N6O2. The molecule has 32 heavy (non-hydrogen) atoms. The highest BCUT2D eigenvalue weighted by molar-refractivity contribution is 5.76. The van der Waals surface area contributed by atoms with Gasteiger partial charge < -0.3 is 20.5 Å². The minimum Gasteiger partial charge on any atom is -0.393 e. The van der Waals surface area contributed by atoms with Crippen molar-refractivity contribution in [1.29, 1.82) is 0 Å². The number of aromatic nitrogens is 4. The molecule has 5 rings (SSSR count). The summed E-state index contributed by atoms with van der Waals surface area (Å²) in [6, 6.07) is -2.91. The first-order valence-corrected chi connectivity index (χ1v) is 9.54. The fourth-order valence-corrected chi connectivity index (χ4v) is 3.40. The van der Waals surface area contributed by atoms with Crippen molar-refractivity contribution in [2.24, 2.45) is 0 Å². The minimum atomic E-state index is -3.63. The van der Waals surface area contributed by atoms with Crippen molar-refractivity contribution < 1.29 is 35.4 Å². The number of fused-ring (bicyclic) bond motifs is 1. The van der Waals surface area contributed by atoms with Gasteiger partial charge in [0.25, 0.3) is 0 Å². The summed E-state index contributed by atoms with van der Waals surface area (Å²) < 4.78 is 123. The van der Waals surface area contributed by atoms with Crippen LogP contribution in [0, 0.1) is 17.5 Å². The maximum Gasteiger partial charge on any atom is 0.224 e. The average molecular weight is 458 g/mol. The number of hydrogen-bond donors (Lipinski definition) is 3. The lowest BCUT2D eigenvalue weighted by Crippen LogP contribution is -2.29. The number of nitrogens with zero attached hydrogens (tertiary/aromatic N) is 4. The van der Waals surface area contributed by atoms with Crippen molar-refractivity contribution in [3.8, 4) is 0 Å². The molecule has 0 spiro atoms. The number of rotatable bonds is 5. The number of anilines is 3. The second-order valence-corrected chi connectivity index (χ2v) is 7.02. The molecule has 11 heteroatoms. The Bertz CT molecular complexity index is 1500. The third-order valence-corrected chi connectivity index (χ3v) is 4.85. The van der Waals surface area contributed by atoms with E-state index >= 15 is 0 Å². The molecule has 1 aliphatic heterocycles. The zero-order valence-electron chi connectivity index (χ0n) is 25.3. The second kappa shape index (κ2) is 8.55. The van der Waals surface area contributed by atoms with Crippen molar-refractivity contribution in [3.05, 3.63) is 35.8 Å². The van der Waals surface area contributed by atoms with Gasteiger partial charge in [-0.1, -0.05) is 0 Å². The van der Waals surface area contributed by atoms with Gasteiger partial charge in [-0.05, 0) is 31.9 Å². The Morgan fingerprint density at radius 1 is 1.19 bits per heavy atom. The fourth-order valence-electron chi connectivity index (χ4n) is 3.40. The Morgan fingerprint density at radius 2 is 2.00 bits per heavy atom. The highest BCUT2D eigenvalue weighted by Gasteiger charge is 2.27. The van der Waals surface area contributed by atoms with Crippen molar-refractivity contribution in [2.45, 2.75) is 50.1 Å². The number of aliphatic hydroxyl groups is 1. The summed E-state index contributed by atoms with van der Waals surface area (Å²) >= 11 is 0. The molecule has 1 saturated heterocycles. The Hall–Kier alpha value is -2.92. The molecule has 0 radical (unpaired) electrons. The lowest BCUT2D eigenvalue weighted by Gasteiger charge is -2.26. The summed E-state index contributed by atoms with van der Waals surface area (Å²) in [5, 5.41) is 14.9. The molecule has 0 bridgehead atoms. The molecule has 0 amide bonds. The number of hydrogen-bond acceptors (Lipinski definition) is 7. The summed E-state index contributed by atoms with van der Waals surface area (Å²) in [6.07, 6.45) is -15.3. The molecule has 4 atom stereocenters. The van der Waals surface area contributed by atoms with Gasteiger partial charge in [0.2, 0.25) is 11.9 Å². The Labute approximate surface area is 194 Å². The van der Waals surface area contributed by atoms with Gasteiger partial charge >= 0.3 is 0 Å². The summed E-state index contributed by atoms with van der Waals surface area (Å²) in [6.45, 7) is 0.434. The van der Waals surface area contributed by atoms with Crippen LogP contribution in [0.2, 0.25) is 0 Å². The zero-order valence-corrected chi connectivity index (χ0v) is 16.3. The third kappa shape index (κ3) is 4.09. The van der Waals surface area contributed by atoms with Crippen molar-refractivity contribution in [2.75, 3.05) is 23.8 Å². The van der Waals surface area contributed by atoms with Crippen LogP contribution in [0.5, 0.6) is 0 Å². The van der Waals surface area contributed by atoms with Crippen LogP contribution >= 0.6 is 0 Å². The van der Waals surface area contributed by atoms with Crippen molar-refractivity contribution >= 4 is 28.7 Å². The van der Waals surface area contributed by atoms with Crippen molar-refractivity contribution in [3.63, 3.8) is 0 Å². The van der Waals surface area contributed by atoms with Gasteiger partial charge in [-0.25, -0.2) is 23.1 Å². The molecule has 2 aromatic heterocycles. The summed E-state index contributed by atoms with van der Waals surface area (Å²) in [5.41, 5.74) is -0.712. The molecule has 170 valence electrons. The molecule has 3 N–H and O–H groups in total. The van der Waals surface area contributed by atoms with E-state index in [2.05, 4.69) is 25.6 Å². The van der Waals surface area contributed by atoms with Crippen LogP contribution in [0.25, 0.3) is 11.2 Å². The van der Waals surface area contributed by atoms with Crippen LogP contribution in [-0.4, -0.2) is 49.9 Å². The van der Waals surface area contributed by atoms with Crippen LogP contribution < -0.4 is 10.6 Å². The number of halogens is 3. The van der Waals surface area contributed by atoms with Gasteiger partial charge in [0.05, 0.1) is 27.7 Å². The smallest absolute Gasteiger partial charge is 0.224 e. The molecule has 1 aliphatic carbocycles. The normalized spacial score (nSPS) is 39.3. The highest BCUT2D eigenvalue weighted by atomic mass is 19.1. The van der Waals surface area contributed by atoms with E-state index in [1.165, 1.54) is 4.57 Å². The van der Waals surface area contributed by atoms with E-state index in [4.69, 9.17) is 17.1 Å². The third-order valence-electron chi connectivity index (χ3n) is 4.85. The van der Waals surface area contributed by atoms with Gasteiger partial charge in [0.1, 0.15) is 17.0 Å². The lowest BCUT2D eigenvalue weighted by molar-refractivity contribution is 0.126. The zero-order chi connectivity index (χ0) is 30.3. The van der Waals surface area contributed by atoms with E-state index in [0.29, 0.717) is 25.2 Å². The number of benzene rings is 1. The van der Waals surface area contributed by atoms with Gasteiger partial charge in [-0.2, -0.15) is 4.98 Å². The number of ether oxygens (including phenoxy) is 1. The average Bonchev–Trinajstić information content (AvgIpc) is 3.51. The van der Waals surface area contributed by atoms with Crippen LogP contribution in [0.3, 0.4) is 0 Å². The first-order valence-electron chi connectivity index (χ1n) is 14.1. The number of nitrogens with one attached hydrogen (secondary N) is 2. The minimum absolute atomic E-state index is 0.0357. The standard InChI is InChI=1S/C21H23F3N6O2/c22-11-7-15(23)18(16(24)8-11)28-21-27-17-9-25-20(26-12-1-3-14(31)4-2-12)29-19(17)30(21)13-5-6-32-10-13/h7-9,12-14,31H,1-6,10H2,(H,27,28)(H,25,26,29)/i1D2,2D2,3D,4D2,12D,14D. The van der Waals surface area contributed by atoms with Gasteiger partial charge in [-0.15, -0.1) is 0 Å². The Kier molecular flexibility index (Phi) is 3.46. The van der Waals surface area contributed by atoms with Crippen LogP contribution in [0.1, 0.15) is 50.3 Å². The van der Waals surface area contributed by atoms with Crippen molar-refractivity contribution in [1.82, 2.24) is 19.5 Å². The van der Waals surface area contributed by atoms with Gasteiger partial charge in [-0.3, -0.25) is 4.57 Å². The molecule has 2 aliphatic rings. The summed E-state index contributed by atoms with van der Waals surface area (Å²) in [5.74, 6) is -4.39. The molecule has 8 nitrogen and oxygen atoms in total. The maximum atomic E-state index is 14.4. The molecule has 4 unspecified atom stereocenters. The van der Waals surface area contributed by atoms with Crippen LogP contribution in [0.4, 0.5) is 30.8 Å². The topological polar surface area (TPSA) is 97.1 Å². The predicted octanol–water partition coefficient (Wildman–Crippen LogP) is 3.66. The highest BCUT2D eigenvalue weighted by Crippen LogP contribution is 2.32. The molecule has 3 heterocycles. The number of imidazole rings is 1. The van der Waals surface area contributed by atoms with E-state index in [1.807, 2.05) is 0 Å². The second-order valence-electron chi connectivity index (χ2n) is 7.02. The molecule has 1 saturated carbocycles. The van der Waals surface area contributed by atoms with E-state index in [-0.39, 0.29) is 23.7 Å². The SMILES string of the molecule is [2H]C1C([2H])([2H])C([2H])(Nc2ncc3nc(Nc4c(F)cc(F)cc4F)n(C4CCOC4)c3n2)C([2H])([2H])C([2H])([2H])C1([2H])O. The van der Waals surface area contributed by atoms with Gasteiger partial charge in [0, 0.05) is 34.4 Å². The van der Waals surface area contributed by atoms with Crippen LogP contribution in [-0.2, 0) is 4.74 Å². The molecule has 2 fully saturated rings. The molecule has 3 aromatic rings. The van der Waals surface area contributed by atoms with Gasteiger partial charge in [0.15, 0.2) is 17.3 Å². The fraction of sp³-hybridized carbons (Fsp3) is 0.476. The monoisotopic (exact) mass is 457 g/mol. The quantitative estimate of drug-likeness (QED) is 0.538. The Balaban J connectivity index is 1.62. The van der Waals surface area contributed by atoms with E-state index in [9.17, 15) is 18.3 Å². The summed E-state index contributed by atoms with van der Waals surface area (Å²) in [7, 11) is 0. The first-order chi connectivity index (χ1) is 18.9. The lowest BCUT2D eigenvalue weighted by atomic mass is 9.93.